The van der Waals surface area contributed by atoms with Gasteiger partial charge in [-0.2, -0.15) is 0 Å². The molecule has 5 atom stereocenters. The number of rotatable bonds is 9. The number of benzene rings is 3. The molecule has 0 radical (unpaired) electrons. The Morgan fingerprint density at radius 1 is 0.900 bits per heavy atom. The van der Waals surface area contributed by atoms with Gasteiger partial charge in [0.1, 0.15) is 17.6 Å². The van der Waals surface area contributed by atoms with Gasteiger partial charge in [0.25, 0.3) is 5.56 Å². The molecule has 2 fully saturated rings. The Hall–Kier alpha value is -4.54. The molecular formula is C30H27N3O7. The van der Waals surface area contributed by atoms with Crippen molar-refractivity contribution < 1.29 is 19.1 Å². The number of hydrogen-bond donors (Lipinski definition) is 1. The van der Waals surface area contributed by atoms with E-state index < -0.39 is 47.1 Å². The Morgan fingerprint density at radius 2 is 1.50 bits per heavy atom. The van der Waals surface area contributed by atoms with E-state index in [4.69, 9.17) is 14.2 Å². The number of fused-ring (bicyclic) bond motifs is 1. The molecule has 2 heterocycles. The van der Waals surface area contributed by atoms with Crippen LogP contribution in [0.4, 0.5) is 0 Å². The van der Waals surface area contributed by atoms with Crippen LogP contribution in [0.25, 0.3) is 0 Å². The Balaban J connectivity index is 1.40. The maximum atomic E-state index is 12.5. The minimum atomic E-state index is -1.07. The molecule has 1 N–H and O–H groups in total. The van der Waals surface area contributed by atoms with E-state index in [1.165, 1.54) is 16.8 Å². The lowest BCUT2D eigenvalue weighted by molar-refractivity contribution is -0.507. The van der Waals surface area contributed by atoms with Crippen LogP contribution in [0.5, 0.6) is 5.75 Å². The summed E-state index contributed by atoms with van der Waals surface area (Å²) in [5, 5.41) is 11.9. The molecule has 10 heteroatoms. The summed E-state index contributed by atoms with van der Waals surface area (Å²) < 4.78 is 19.7. The van der Waals surface area contributed by atoms with Crippen molar-refractivity contribution in [1.82, 2.24) is 9.55 Å². The largest absolute Gasteiger partial charge is 0.497 e. The summed E-state index contributed by atoms with van der Waals surface area (Å²) in [6.07, 6.45) is -0.228. The standard InChI is InChI=1S/C30H27N3O7/c1-38-22-14-12-21(13-15-22)30(19-8-4-2-5-9-19,20-10-6-3-7-11-20)39-18-23-25-26(27(25)33(36)37)28(40-23)32-17-16-24(34)31-29(32)35/h2-17,23,25-28H,18H2,1H3,(H,31,34,35)/t23-,25?,26?,27?,28-/m1/s1. The quantitative estimate of drug-likeness (QED) is 0.196. The fraction of sp³-hybridized carbons (Fsp3) is 0.267. The number of methoxy groups -OCH3 is 1. The van der Waals surface area contributed by atoms with Gasteiger partial charge in [-0.1, -0.05) is 72.8 Å². The fourth-order valence-electron chi connectivity index (χ4n) is 5.97. The highest BCUT2D eigenvalue weighted by atomic mass is 16.6. The summed E-state index contributed by atoms with van der Waals surface area (Å²) in [6.45, 7) is 0.0237. The molecule has 204 valence electrons. The lowest BCUT2D eigenvalue weighted by Gasteiger charge is -2.37. The Kier molecular flexibility index (Phi) is 6.57. The Bertz CT molecular complexity index is 1580. The molecule has 1 aliphatic carbocycles. The summed E-state index contributed by atoms with van der Waals surface area (Å²) in [5.41, 5.74) is 0.293. The van der Waals surface area contributed by atoms with Crippen LogP contribution in [0.15, 0.2) is 107 Å². The zero-order chi connectivity index (χ0) is 27.9. The summed E-state index contributed by atoms with van der Waals surface area (Å²) in [5.74, 6) is -0.267. The average molecular weight is 542 g/mol. The van der Waals surface area contributed by atoms with Crippen LogP contribution in [0.1, 0.15) is 22.9 Å². The molecule has 3 aromatic carbocycles. The second kappa shape index (κ2) is 10.2. The predicted molar refractivity (Wildman–Crippen MR) is 145 cm³/mol. The van der Waals surface area contributed by atoms with Gasteiger partial charge in [0.15, 0.2) is 0 Å². The number of nitro groups is 1. The van der Waals surface area contributed by atoms with Gasteiger partial charge in [0.05, 0.1) is 31.7 Å². The van der Waals surface area contributed by atoms with Crippen LogP contribution in [0, 0.1) is 22.0 Å². The summed E-state index contributed by atoms with van der Waals surface area (Å²) in [7, 11) is 1.60. The van der Waals surface area contributed by atoms with Gasteiger partial charge in [-0.25, -0.2) is 4.79 Å². The van der Waals surface area contributed by atoms with Crippen molar-refractivity contribution in [2.75, 3.05) is 13.7 Å². The van der Waals surface area contributed by atoms with Crippen molar-refractivity contribution in [3.63, 3.8) is 0 Å². The van der Waals surface area contributed by atoms with Gasteiger partial charge in [-0.05, 0) is 28.8 Å². The average Bonchev–Trinajstić information content (AvgIpc) is 3.63. The molecule has 3 unspecified atom stereocenters. The minimum Gasteiger partial charge on any atom is -0.497 e. The Labute approximate surface area is 228 Å². The van der Waals surface area contributed by atoms with Crippen LogP contribution in [-0.2, 0) is 15.1 Å². The van der Waals surface area contributed by atoms with E-state index in [9.17, 15) is 19.7 Å². The van der Waals surface area contributed by atoms with Crippen LogP contribution in [-0.4, -0.2) is 40.3 Å². The maximum Gasteiger partial charge on any atom is 0.330 e. The third kappa shape index (κ3) is 4.31. The minimum absolute atomic E-state index is 0.0237. The van der Waals surface area contributed by atoms with Gasteiger partial charge >= 0.3 is 5.69 Å². The lowest BCUT2D eigenvalue weighted by atomic mass is 9.80. The van der Waals surface area contributed by atoms with Gasteiger partial charge in [-0.15, -0.1) is 0 Å². The van der Waals surface area contributed by atoms with Crippen molar-refractivity contribution in [3.05, 3.63) is 145 Å². The molecule has 10 nitrogen and oxygen atoms in total. The molecule has 2 aliphatic rings. The van der Waals surface area contributed by atoms with E-state index >= 15 is 0 Å². The molecule has 1 aromatic heterocycles. The smallest absolute Gasteiger partial charge is 0.330 e. The first-order valence-corrected chi connectivity index (χ1v) is 12.9. The van der Waals surface area contributed by atoms with E-state index in [1.54, 1.807) is 7.11 Å². The normalized spacial score (nSPS) is 23.4. The zero-order valence-electron chi connectivity index (χ0n) is 21.6. The summed E-state index contributed by atoms with van der Waals surface area (Å²) in [4.78, 5) is 37.9. The first-order chi connectivity index (χ1) is 19.4. The van der Waals surface area contributed by atoms with E-state index in [1.807, 2.05) is 84.9 Å². The van der Waals surface area contributed by atoms with Crippen molar-refractivity contribution in [2.45, 2.75) is 24.0 Å². The van der Waals surface area contributed by atoms with Crippen LogP contribution >= 0.6 is 0 Å². The third-order valence-electron chi connectivity index (χ3n) is 7.86. The van der Waals surface area contributed by atoms with E-state index in [-0.39, 0.29) is 11.5 Å². The van der Waals surface area contributed by atoms with Crippen molar-refractivity contribution >= 4 is 0 Å². The summed E-state index contributed by atoms with van der Waals surface area (Å²) >= 11 is 0. The van der Waals surface area contributed by atoms with Crippen LogP contribution < -0.4 is 16.0 Å². The molecule has 6 rings (SSSR count). The second-order valence-corrected chi connectivity index (χ2v) is 9.97. The number of H-pyrrole nitrogens is 1. The van der Waals surface area contributed by atoms with Gasteiger partial charge in [0, 0.05) is 17.2 Å². The number of aromatic nitrogens is 2. The van der Waals surface area contributed by atoms with Gasteiger partial charge < -0.3 is 14.2 Å². The number of hydrogen-bond acceptors (Lipinski definition) is 7. The highest BCUT2D eigenvalue weighted by Crippen LogP contribution is 2.58. The molecule has 0 bridgehead atoms. The molecule has 1 saturated heterocycles. The molecule has 1 aliphatic heterocycles. The van der Waals surface area contributed by atoms with Gasteiger partial charge in [-0.3, -0.25) is 24.5 Å². The zero-order valence-corrected chi connectivity index (χ0v) is 21.6. The topological polar surface area (TPSA) is 126 Å². The van der Waals surface area contributed by atoms with Crippen LogP contribution in [0.3, 0.4) is 0 Å². The Morgan fingerprint density at radius 3 is 2.05 bits per heavy atom. The first kappa shape index (κ1) is 25.7. The molecule has 4 aromatic rings. The maximum absolute atomic E-state index is 12.5. The van der Waals surface area contributed by atoms with Crippen LogP contribution in [0.2, 0.25) is 0 Å². The SMILES string of the molecule is COc1ccc(C(OC[C@H]2O[C@@H](n3ccc(=O)[nH]c3=O)C3C2C3[N+](=O)[O-])(c2ccccc2)c2ccccc2)cc1. The first-order valence-electron chi connectivity index (χ1n) is 12.9. The van der Waals surface area contributed by atoms with Gasteiger partial charge in [0.2, 0.25) is 6.04 Å². The van der Waals surface area contributed by atoms with Crippen molar-refractivity contribution in [3.8, 4) is 5.75 Å². The van der Waals surface area contributed by atoms with Crippen molar-refractivity contribution in [1.29, 1.82) is 0 Å². The molecule has 0 spiro atoms. The monoisotopic (exact) mass is 541 g/mol. The molecule has 40 heavy (non-hydrogen) atoms. The molecular weight excluding hydrogens is 514 g/mol. The molecule has 1 saturated carbocycles. The lowest BCUT2D eigenvalue weighted by Crippen LogP contribution is -2.38. The summed E-state index contributed by atoms with van der Waals surface area (Å²) in [6, 6.07) is 27.5. The van der Waals surface area contributed by atoms with Crippen molar-refractivity contribution in [2.24, 2.45) is 11.8 Å². The number of aromatic amines is 1. The second-order valence-electron chi connectivity index (χ2n) is 9.97. The van der Waals surface area contributed by atoms with E-state index in [2.05, 4.69) is 4.98 Å². The predicted octanol–water partition coefficient (Wildman–Crippen LogP) is 3.34. The number of nitrogens with zero attached hydrogens (tertiary/aromatic N) is 2. The number of nitrogens with one attached hydrogen (secondary N) is 1. The fourth-order valence-corrected chi connectivity index (χ4v) is 5.97. The van der Waals surface area contributed by atoms with E-state index in [0.29, 0.717) is 5.75 Å². The number of ether oxygens (including phenoxy) is 3. The third-order valence-corrected chi connectivity index (χ3v) is 7.86. The highest BCUT2D eigenvalue weighted by Gasteiger charge is 2.73. The van der Waals surface area contributed by atoms with E-state index in [0.717, 1.165) is 16.7 Å². The highest BCUT2D eigenvalue weighted by molar-refractivity contribution is 5.48. The molecule has 0 amide bonds.